The summed E-state index contributed by atoms with van der Waals surface area (Å²) >= 11 is 0. The van der Waals surface area contributed by atoms with Gasteiger partial charge >= 0.3 is 5.97 Å². The number of carboxylic acids is 1. The van der Waals surface area contributed by atoms with E-state index < -0.39 is 17.6 Å². The molecule has 1 aliphatic heterocycles. The lowest BCUT2D eigenvalue weighted by molar-refractivity contribution is 0.0697. The van der Waals surface area contributed by atoms with Crippen molar-refractivity contribution in [3.63, 3.8) is 0 Å². The lowest BCUT2D eigenvalue weighted by Gasteiger charge is -2.35. The van der Waals surface area contributed by atoms with E-state index in [1.165, 1.54) is 12.1 Å². The van der Waals surface area contributed by atoms with E-state index >= 15 is 0 Å². The predicted molar refractivity (Wildman–Crippen MR) is 116 cm³/mol. The Morgan fingerprint density at radius 1 is 1.03 bits per heavy atom. The Morgan fingerprint density at radius 3 is 2.47 bits per heavy atom. The van der Waals surface area contributed by atoms with Gasteiger partial charge in [0, 0.05) is 50.6 Å². The molecule has 1 aromatic heterocycles. The van der Waals surface area contributed by atoms with Crippen LogP contribution in [0.3, 0.4) is 0 Å². The van der Waals surface area contributed by atoms with Crippen molar-refractivity contribution in [1.82, 2.24) is 9.88 Å². The Morgan fingerprint density at radius 2 is 1.78 bits per heavy atom. The summed E-state index contributed by atoms with van der Waals surface area (Å²) in [5, 5.41) is 9.37. The number of carbonyl (C=O) groups is 1. The number of aromatic nitrogens is 1. The molecule has 3 aromatic rings. The molecule has 1 N–H and O–H groups in total. The Bertz CT molecular complexity index is 1080. The van der Waals surface area contributed by atoms with Gasteiger partial charge in [0.05, 0.1) is 0 Å². The molecular weight excluding hydrogens is 416 g/mol. The summed E-state index contributed by atoms with van der Waals surface area (Å²) in [5.41, 5.74) is 1.63. The molecule has 0 unspecified atom stereocenters. The van der Waals surface area contributed by atoms with Crippen LogP contribution in [0.1, 0.15) is 21.5 Å². The zero-order chi connectivity index (χ0) is 22.5. The van der Waals surface area contributed by atoms with Gasteiger partial charge in [-0.25, -0.2) is 18.6 Å². The van der Waals surface area contributed by atoms with Gasteiger partial charge in [0.2, 0.25) is 0 Å². The first-order chi connectivity index (χ1) is 15.5. The van der Waals surface area contributed by atoms with Crippen molar-refractivity contribution < 1.29 is 23.4 Å². The van der Waals surface area contributed by atoms with Crippen LogP contribution in [0, 0.1) is 11.6 Å². The van der Waals surface area contributed by atoms with Crippen LogP contribution < -0.4 is 9.64 Å². The second-order valence-electron chi connectivity index (χ2n) is 7.61. The van der Waals surface area contributed by atoms with Gasteiger partial charge in [-0.05, 0) is 42.0 Å². The normalized spacial score (nSPS) is 14.4. The highest BCUT2D eigenvalue weighted by Crippen LogP contribution is 2.21. The van der Waals surface area contributed by atoms with Gasteiger partial charge in [-0.3, -0.25) is 4.90 Å². The second kappa shape index (κ2) is 9.74. The largest absolute Gasteiger partial charge is 0.489 e. The smallest absolute Gasteiger partial charge is 0.339 e. The minimum absolute atomic E-state index is 0.0271. The average molecular weight is 439 g/mol. The van der Waals surface area contributed by atoms with Gasteiger partial charge < -0.3 is 14.7 Å². The van der Waals surface area contributed by atoms with Crippen LogP contribution in [0.2, 0.25) is 0 Å². The molecule has 0 radical (unpaired) electrons. The highest BCUT2D eigenvalue weighted by molar-refractivity contribution is 5.93. The summed E-state index contributed by atoms with van der Waals surface area (Å²) in [6.45, 7) is 3.76. The van der Waals surface area contributed by atoms with Gasteiger partial charge in [0.25, 0.3) is 0 Å². The van der Waals surface area contributed by atoms with Crippen LogP contribution >= 0.6 is 0 Å². The van der Waals surface area contributed by atoms with E-state index in [4.69, 9.17) is 4.74 Å². The fourth-order valence-corrected chi connectivity index (χ4v) is 3.68. The minimum atomic E-state index is -0.972. The van der Waals surface area contributed by atoms with E-state index in [2.05, 4.69) is 9.88 Å². The van der Waals surface area contributed by atoms with Gasteiger partial charge in [0.1, 0.15) is 35.4 Å². The fraction of sp³-hybridized carbons (Fsp3) is 0.250. The zero-order valence-corrected chi connectivity index (χ0v) is 17.4. The number of piperazine rings is 1. The summed E-state index contributed by atoms with van der Waals surface area (Å²) in [7, 11) is 0. The molecule has 0 saturated carbocycles. The number of benzene rings is 2. The topological polar surface area (TPSA) is 65.9 Å². The number of hydrogen-bond donors (Lipinski definition) is 1. The number of hydrogen-bond acceptors (Lipinski definition) is 5. The van der Waals surface area contributed by atoms with E-state index in [9.17, 15) is 18.7 Å². The number of carboxylic acid groups (broad SMARTS) is 1. The summed E-state index contributed by atoms with van der Waals surface area (Å²) in [6, 6.07) is 14.2. The van der Waals surface area contributed by atoms with Crippen molar-refractivity contribution in [2.24, 2.45) is 0 Å². The summed E-state index contributed by atoms with van der Waals surface area (Å²) in [5.74, 6) is -1.09. The Kier molecular flexibility index (Phi) is 6.61. The Balaban J connectivity index is 1.29. The standard InChI is InChI=1S/C24H23F2N3O3/c25-19-6-5-18(22(26)14-19)16-32-20-7-3-17(4-8-20)15-28-10-12-29(13-11-28)23-21(24(30)31)2-1-9-27-23/h1-9,14H,10-13,15-16H2,(H,30,31). The third-order valence-corrected chi connectivity index (χ3v) is 5.43. The predicted octanol–water partition coefficient (Wildman–Crippen LogP) is 3.96. The first-order valence-corrected chi connectivity index (χ1v) is 10.3. The zero-order valence-electron chi connectivity index (χ0n) is 17.4. The van der Waals surface area contributed by atoms with E-state index in [0.29, 0.717) is 30.2 Å². The third kappa shape index (κ3) is 5.20. The molecule has 1 fully saturated rings. The highest BCUT2D eigenvalue weighted by atomic mass is 19.1. The van der Waals surface area contributed by atoms with E-state index in [1.54, 1.807) is 18.3 Å². The van der Waals surface area contributed by atoms with E-state index in [-0.39, 0.29) is 12.2 Å². The van der Waals surface area contributed by atoms with E-state index in [0.717, 1.165) is 31.3 Å². The van der Waals surface area contributed by atoms with Crippen LogP contribution in [0.5, 0.6) is 5.75 Å². The molecule has 0 aliphatic carbocycles. The second-order valence-corrected chi connectivity index (χ2v) is 7.61. The number of ether oxygens (including phenoxy) is 1. The first-order valence-electron chi connectivity index (χ1n) is 10.3. The molecule has 166 valence electrons. The summed E-state index contributed by atoms with van der Waals surface area (Å²) in [6.07, 6.45) is 1.61. The maximum absolute atomic E-state index is 13.7. The Hall–Kier alpha value is -3.52. The minimum Gasteiger partial charge on any atom is -0.489 e. The molecule has 6 nitrogen and oxygen atoms in total. The molecular formula is C24H23F2N3O3. The van der Waals surface area contributed by atoms with Crippen LogP contribution in [0.4, 0.5) is 14.6 Å². The molecule has 4 rings (SSSR count). The van der Waals surface area contributed by atoms with Crippen LogP contribution in [-0.4, -0.2) is 47.1 Å². The lowest BCUT2D eigenvalue weighted by Crippen LogP contribution is -2.46. The van der Waals surface area contributed by atoms with Gasteiger partial charge in [-0.2, -0.15) is 0 Å². The van der Waals surface area contributed by atoms with E-state index in [1.807, 2.05) is 29.2 Å². The fourth-order valence-electron chi connectivity index (χ4n) is 3.68. The number of rotatable bonds is 7. The first kappa shape index (κ1) is 21.7. The molecule has 0 atom stereocenters. The number of nitrogens with zero attached hydrogens (tertiary/aromatic N) is 3. The molecule has 1 saturated heterocycles. The summed E-state index contributed by atoms with van der Waals surface area (Å²) < 4.78 is 32.3. The molecule has 0 spiro atoms. The van der Waals surface area contributed by atoms with Crippen molar-refractivity contribution in [2.45, 2.75) is 13.2 Å². The van der Waals surface area contributed by atoms with Crippen molar-refractivity contribution in [3.05, 3.63) is 89.1 Å². The SMILES string of the molecule is O=C(O)c1cccnc1N1CCN(Cc2ccc(OCc3ccc(F)cc3F)cc2)CC1. The van der Waals surface area contributed by atoms with Crippen LogP contribution in [0.25, 0.3) is 0 Å². The quantitative estimate of drug-likeness (QED) is 0.601. The monoisotopic (exact) mass is 439 g/mol. The highest BCUT2D eigenvalue weighted by Gasteiger charge is 2.22. The molecule has 2 heterocycles. The average Bonchev–Trinajstić information content (AvgIpc) is 2.80. The third-order valence-electron chi connectivity index (χ3n) is 5.43. The lowest BCUT2D eigenvalue weighted by atomic mass is 10.1. The maximum Gasteiger partial charge on any atom is 0.339 e. The molecule has 0 amide bonds. The van der Waals surface area contributed by atoms with Gasteiger partial charge in [-0.1, -0.05) is 12.1 Å². The van der Waals surface area contributed by atoms with Gasteiger partial charge in [0.15, 0.2) is 0 Å². The molecule has 0 bridgehead atoms. The molecule has 8 heteroatoms. The molecule has 2 aromatic carbocycles. The van der Waals surface area contributed by atoms with Gasteiger partial charge in [-0.15, -0.1) is 0 Å². The number of halogens is 2. The van der Waals surface area contributed by atoms with Crippen molar-refractivity contribution in [2.75, 3.05) is 31.1 Å². The maximum atomic E-state index is 13.7. The van der Waals surface area contributed by atoms with Crippen molar-refractivity contribution in [1.29, 1.82) is 0 Å². The van der Waals surface area contributed by atoms with Crippen LogP contribution in [0.15, 0.2) is 60.8 Å². The van der Waals surface area contributed by atoms with Crippen molar-refractivity contribution >= 4 is 11.8 Å². The number of pyridine rings is 1. The Labute approximate surface area is 184 Å². The summed E-state index contributed by atoms with van der Waals surface area (Å²) in [4.78, 5) is 20.0. The van der Waals surface area contributed by atoms with Crippen molar-refractivity contribution in [3.8, 4) is 5.75 Å². The molecule has 32 heavy (non-hydrogen) atoms. The number of anilines is 1. The number of aromatic carboxylic acids is 1. The van der Waals surface area contributed by atoms with Crippen LogP contribution in [-0.2, 0) is 13.2 Å². The molecule has 1 aliphatic rings.